The molecular formula is C33H45N3O8. The van der Waals surface area contributed by atoms with Crippen LogP contribution >= 0.6 is 0 Å². The summed E-state index contributed by atoms with van der Waals surface area (Å²) in [5.74, 6) is -0.771. The van der Waals surface area contributed by atoms with E-state index in [9.17, 15) is 19.5 Å². The van der Waals surface area contributed by atoms with Gasteiger partial charge in [-0.25, -0.2) is 4.79 Å². The summed E-state index contributed by atoms with van der Waals surface area (Å²) in [5, 5.41) is 14.7. The zero-order chi connectivity index (χ0) is 31.9. The lowest BCUT2D eigenvalue weighted by molar-refractivity contribution is -0.276. The van der Waals surface area contributed by atoms with Crippen LogP contribution in [0.4, 0.5) is 10.5 Å². The lowest BCUT2D eigenvalue weighted by atomic mass is 9.90. The van der Waals surface area contributed by atoms with Gasteiger partial charge in [0, 0.05) is 23.7 Å². The summed E-state index contributed by atoms with van der Waals surface area (Å²) in [5.41, 5.74) is 2.52. The number of aliphatic hydroxyl groups excluding tert-OH is 1. The largest absolute Gasteiger partial charge is 0.465 e. The number of anilines is 1. The molecule has 11 nitrogen and oxygen atoms in total. The first-order valence-corrected chi connectivity index (χ1v) is 15.3. The minimum atomic E-state index is -0.701. The number of ether oxygens (including phenoxy) is 4. The number of aliphatic hydroxyl groups is 1. The fourth-order valence-corrected chi connectivity index (χ4v) is 5.50. The van der Waals surface area contributed by atoms with Gasteiger partial charge in [0.2, 0.25) is 0 Å². The van der Waals surface area contributed by atoms with Gasteiger partial charge in [-0.2, -0.15) is 0 Å². The second-order valence-corrected chi connectivity index (χ2v) is 12.2. The molecule has 2 amide bonds. The van der Waals surface area contributed by atoms with Gasteiger partial charge in [0.05, 0.1) is 25.4 Å². The van der Waals surface area contributed by atoms with E-state index in [-0.39, 0.29) is 49.9 Å². The van der Waals surface area contributed by atoms with Gasteiger partial charge in [-0.05, 0) is 70.3 Å². The van der Waals surface area contributed by atoms with E-state index in [1.54, 1.807) is 19.1 Å². The summed E-state index contributed by atoms with van der Waals surface area (Å²) in [6, 6.07) is 14.0. The van der Waals surface area contributed by atoms with E-state index in [2.05, 4.69) is 22.5 Å². The van der Waals surface area contributed by atoms with E-state index in [0.717, 1.165) is 36.1 Å². The van der Waals surface area contributed by atoms with Crippen molar-refractivity contribution in [3.63, 3.8) is 0 Å². The molecule has 2 aromatic carbocycles. The molecule has 2 aliphatic rings. The van der Waals surface area contributed by atoms with Gasteiger partial charge in [0.25, 0.3) is 0 Å². The van der Waals surface area contributed by atoms with Crippen LogP contribution in [0.25, 0.3) is 0 Å². The normalized spacial score (nSPS) is 24.0. The molecule has 0 aromatic heterocycles. The Balaban J connectivity index is 1.50. The molecule has 0 aliphatic carbocycles. The molecule has 44 heavy (non-hydrogen) atoms. The maximum atomic E-state index is 13.0. The number of nitrogens with one attached hydrogen (secondary N) is 2. The number of carbonyl (C=O) groups excluding carboxylic acids is 3. The Labute approximate surface area is 259 Å². The Bertz CT molecular complexity index is 1260. The van der Waals surface area contributed by atoms with E-state index >= 15 is 0 Å². The molecule has 3 N–H and O–H groups in total. The van der Waals surface area contributed by atoms with Crippen molar-refractivity contribution in [2.24, 2.45) is 5.92 Å². The summed E-state index contributed by atoms with van der Waals surface area (Å²) >= 11 is 0. The number of hydrogen-bond acceptors (Lipinski definition) is 9. The fraction of sp³-hybridized carbons (Fsp3) is 0.545. The Kier molecular flexibility index (Phi) is 11.4. The standard InChI is InChI=1S/C33H45N3O8/c1-6-41-28(38)18-34-32(40)35-25-15-13-24(14-16-25)31-42-27(19-36-17-7-8-26(36)30(39)44-33(3,4)5)21(2)29(43-31)23-11-9-22(20-37)10-12-23/h9-16,21,26-27,29,31,37H,6-8,17-20H2,1-5H3,(H2,34,35,40)/t21-,26-,27+,29+,31+/m0/s1. The second kappa shape index (κ2) is 15.0. The van der Waals surface area contributed by atoms with Crippen molar-refractivity contribution in [2.45, 2.75) is 84.2 Å². The van der Waals surface area contributed by atoms with Crippen LogP contribution in [0.2, 0.25) is 0 Å². The Hall–Kier alpha value is -3.51. The third kappa shape index (κ3) is 9.01. The van der Waals surface area contributed by atoms with Crippen molar-refractivity contribution >= 4 is 23.7 Å². The summed E-state index contributed by atoms with van der Waals surface area (Å²) in [6.07, 6.45) is 0.377. The number of esters is 2. The minimum absolute atomic E-state index is 0.0437. The van der Waals surface area contributed by atoms with Gasteiger partial charge in [-0.15, -0.1) is 0 Å². The molecule has 2 aromatic rings. The number of hydrogen-bond donors (Lipinski definition) is 3. The van der Waals surface area contributed by atoms with Gasteiger partial charge in [-0.3, -0.25) is 14.5 Å². The van der Waals surface area contributed by atoms with Gasteiger partial charge < -0.3 is 34.7 Å². The minimum Gasteiger partial charge on any atom is -0.465 e. The maximum Gasteiger partial charge on any atom is 0.325 e. The van der Waals surface area contributed by atoms with Gasteiger partial charge in [0.15, 0.2) is 6.29 Å². The lowest BCUT2D eigenvalue weighted by Gasteiger charge is -2.43. The molecular weight excluding hydrogens is 566 g/mol. The third-order valence-corrected chi connectivity index (χ3v) is 7.72. The topological polar surface area (TPSA) is 136 Å². The molecule has 5 atom stereocenters. The number of amides is 2. The molecule has 0 bridgehead atoms. The number of carbonyl (C=O) groups is 3. The van der Waals surface area contributed by atoms with Crippen LogP contribution < -0.4 is 10.6 Å². The van der Waals surface area contributed by atoms with Gasteiger partial charge in [0.1, 0.15) is 18.2 Å². The van der Waals surface area contributed by atoms with Crippen LogP contribution in [-0.4, -0.2) is 72.0 Å². The average Bonchev–Trinajstić information content (AvgIpc) is 3.45. The molecule has 0 unspecified atom stereocenters. The molecule has 0 saturated carbocycles. The van der Waals surface area contributed by atoms with E-state index < -0.39 is 23.9 Å². The van der Waals surface area contributed by atoms with E-state index in [4.69, 9.17) is 18.9 Å². The number of likely N-dealkylation sites (tertiary alicyclic amines) is 1. The van der Waals surface area contributed by atoms with Crippen LogP contribution in [0.5, 0.6) is 0 Å². The van der Waals surface area contributed by atoms with E-state index in [1.807, 2.05) is 57.2 Å². The molecule has 0 spiro atoms. The monoisotopic (exact) mass is 611 g/mol. The predicted molar refractivity (Wildman–Crippen MR) is 164 cm³/mol. The summed E-state index contributed by atoms with van der Waals surface area (Å²) < 4.78 is 23.7. The zero-order valence-electron chi connectivity index (χ0n) is 26.2. The molecule has 2 saturated heterocycles. The van der Waals surface area contributed by atoms with Crippen LogP contribution in [-0.2, 0) is 35.1 Å². The number of benzene rings is 2. The van der Waals surface area contributed by atoms with Crippen molar-refractivity contribution in [1.29, 1.82) is 0 Å². The lowest BCUT2D eigenvalue weighted by Crippen LogP contribution is -2.48. The first-order valence-electron chi connectivity index (χ1n) is 15.3. The molecule has 2 fully saturated rings. The van der Waals surface area contributed by atoms with Crippen molar-refractivity contribution in [2.75, 3.05) is 31.6 Å². The Morgan fingerprint density at radius 2 is 1.70 bits per heavy atom. The highest BCUT2D eigenvalue weighted by molar-refractivity contribution is 5.91. The van der Waals surface area contributed by atoms with Crippen LogP contribution in [0.15, 0.2) is 48.5 Å². The maximum absolute atomic E-state index is 13.0. The van der Waals surface area contributed by atoms with E-state index in [0.29, 0.717) is 12.2 Å². The van der Waals surface area contributed by atoms with Crippen LogP contribution in [0, 0.1) is 5.92 Å². The zero-order valence-corrected chi connectivity index (χ0v) is 26.2. The highest BCUT2D eigenvalue weighted by Gasteiger charge is 2.42. The number of rotatable bonds is 10. The van der Waals surface area contributed by atoms with Crippen LogP contribution in [0.3, 0.4) is 0 Å². The summed E-state index contributed by atoms with van der Waals surface area (Å²) in [4.78, 5) is 38.9. The highest BCUT2D eigenvalue weighted by Crippen LogP contribution is 2.42. The van der Waals surface area contributed by atoms with Gasteiger partial charge >= 0.3 is 18.0 Å². The molecule has 240 valence electrons. The Morgan fingerprint density at radius 3 is 2.34 bits per heavy atom. The highest BCUT2D eigenvalue weighted by atomic mass is 16.7. The number of urea groups is 1. The molecule has 2 heterocycles. The van der Waals surface area contributed by atoms with Crippen LogP contribution in [0.1, 0.15) is 76.5 Å². The van der Waals surface area contributed by atoms with Gasteiger partial charge in [-0.1, -0.05) is 43.3 Å². The summed E-state index contributed by atoms with van der Waals surface area (Å²) in [7, 11) is 0. The third-order valence-electron chi connectivity index (χ3n) is 7.72. The van der Waals surface area contributed by atoms with Crippen molar-refractivity contribution < 1.29 is 38.4 Å². The molecule has 11 heteroatoms. The molecule has 2 aliphatic heterocycles. The smallest absolute Gasteiger partial charge is 0.325 e. The molecule has 4 rings (SSSR count). The molecule has 0 radical (unpaired) electrons. The average molecular weight is 612 g/mol. The first-order chi connectivity index (χ1) is 21.0. The van der Waals surface area contributed by atoms with E-state index in [1.165, 1.54) is 0 Å². The summed E-state index contributed by atoms with van der Waals surface area (Å²) in [6.45, 7) is 10.7. The predicted octanol–water partition coefficient (Wildman–Crippen LogP) is 4.46. The van der Waals surface area contributed by atoms with Crippen molar-refractivity contribution in [1.82, 2.24) is 10.2 Å². The second-order valence-electron chi connectivity index (χ2n) is 12.2. The first kappa shape index (κ1) is 33.4. The van der Waals surface area contributed by atoms with Crippen molar-refractivity contribution in [3.05, 3.63) is 65.2 Å². The number of nitrogens with zero attached hydrogens (tertiary/aromatic N) is 1. The quantitative estimate of drug-likeness (QED) is 0.333. The van der Waals surface area contributed by atoms with Crippen molar-refractivity contribution in [3.8, 4) is 0 Å². The SMILES string of the molecule is CCOC(=O)CNC(=O)Nc1ccc([C@@H]2O[C@H](CN3CCC[C@H]3C(=O)OC(C)(C)C)[C@H](C)[C@H](c3ccc(CO)cc3)O2)cc1. The Morgan fingerprint density at radius 1 is 1.02 bits per heavy atom. The fourth-order valence-electron chi connectivity index (χ4n) is 5.50.